The molecule has 1 aromatic rings. The Morgan fingerprint density at radius 2 is 2.40 bits per heavy atom. The van der Waals surface area contributed by atoms with E-state index in [1.807, 2.05) is 6.07 Å². The highest BCUT2D eigenvalue weighted by molar-refractivity contribution is 9.11. The Morgan fingerprint density at radius 1 is 1.53 bits per heavy atom. The van der Waals surface area contributed by atoms with E-state index in [0.29, 0.717) is 6.04 Å². The Hall–Kier alpha value is 0.1000. The van der Waals surface area contributed by atoms with Gasteiger partial charge in [-0.05, 0) is 47.4 Å². The van der Waals surface area contributed by atoms with E-state index in [4.69, 9.17) is 0 Å². The lowest BCUT2D eigenvalue weighted by molar-refractivity contribution is 0.114. The van der Waals surface area contributed by atoms with Crippen LogP contribution in [0, 0.1) is 0 Å². The Morgan fingerprint density at radius 3 is 3.00 bits per heavy atom. The molecule has 1 aromatic heterocycles. The molecule has 0 amide bonds. The third-order valence-corrected chi connectivity index (χ3v) is 4.50. The van der Waals surface area contributed by atoms with Gasteiger partial charge in [0.05, 0.1) is 9.89 Å². The fraction of sp³-hybridized carbons (Fsp3) is 0.636. The van der Waals surface area contributed by atoms with E-state index >= 15 is 0 Å². The van der Waals surface area contributed by atoms with Crippen LogP contribution in [0.3, 0.4) is 0 Å². The van der Waals surface area contributed by atoms with Crippen molar-refractivity contribution in [1.82, 2.24) is 5.32 Å². The van der Waals surface area contributed by atoms with Gasteiger partial charge in [0, 0.05) is 17.3 Å². The van der Waals surface area contributed by atoms with Crippen LogP contribution in [-0.2, 0) is 6.42 Å². The van der Waals surface area contributed by atoms with Crippen LogP contribution in [0.25, 0.3) is 0 Å². The number of piperidine rings is 1. The molecular weight excluding hydrogens is 274 g/mol. The van der Waals surface area contributed by atoms with Gasteiger partial charge in [0.1, 0.15) is 0 Å². The van der Waals surface area contributed by atoms with Crippen molar-refractivity contribution in [1.29, 1.82) is 0 Å². The SMILES string of the molecule is OC(Cc1ccc(Br)s1)C1CCCCN1. The lowest BCUT2D eigenvalue weighted by atomic mass is 9.97. The van der Waals surface area contributed by atoms with Gasteiger partial charge in [-0.25, -0.2) is 0 Å². The van der Waals surface area contributed by atoms with Gasteiger partial charge in [-0.3, -0.25) is 0 Å². The Labute approximate surface area is 103 Å². The van der Waals surface area contributed by atoms with Crippen LogP contribution in [0.5, 0.6) is 0 Å². The summed E-state index contributed by atoms with van der Waals surface area (Å²) in [5.41, 5.74) is 0. The molecule has 15 heavy (non-hydrogen) atoms. The fourth-order valence-electron chi connectivity index (χ4n) is 2.02. The molecule has 2 N–H and O–H groups in total. The maximum absolute atomic E-state index is 10.1. The van der Waals surface area contributed by atoms with Crippen LogP contribution in [-0.4, -0.2) is 23.8 Å². The maximum atomic E-state index is 10.1. The molecule has 2 nitrogen and oxygen atoms in total. The molecule has 0 spiro atoms. The minimum atomic E-state index is -0.240. The average molecular weight is 290 g/mol. The zero-order valence-corrected chi connectivity index (χ0v) is 11.0. The van der Waals surface area contributed by atoms with Gasteiger partial charge < -0.3 is 10.4 Å². The van der Waals surface area contributed by atoms with Crippen molar-refractivity contribution in [3.05, 3.63) is 20.8 Å². The summed E-state index contributed by atoms with van der Waals surface area (Å²) >= 11 is 5.15. The van der Waals surface area contributed by atoms with Gasteiger partial charge in [0.15, 0.2) is 0 Å². The van der Waals surface area contributed by atoms with Crippen molar-refractivity contribution in [3.8, 4) is 0 Å². The molecule has 0 radical (unpaired) electrons. The molecule has 2 atom stereocenters. The number of aliphatic hydroxyl groups is 1. The molecule has 84 valence electrons. The first-order valence-corrected chi connectivity index (χ1v) is 7.02. The number of aliphatic hydroxyl groups excluding tert-OH is 1. The molecule has 4 heteroatoms. The van der Waals surface area contributed by atoms with Crippen molar-refractivity contribution in [2.75, 3.05) is 6.54 Å². The minimum absolute atomic E-state index is 0.240. The third-order valence-electron chi connectivity index (χ3n) is 2.85. The van der Waals surface area contributed by atoms with E-state index in [1.54, 1.807) is 11.3 Å². The summed E-state index contributed by atoms with van der Waals surface area (Å²) in [6.45, 7) is 1.05. The van der Waals surface area contributed by atoms with Crippen LogP contribution >= 0.6 is 27.3 Å². The van der Waals surface area contributed by atoms with E-state index in [1.165, 1.54) is 17.7 Å². The van der Waals surface area contributed by atoms with Crippen LogP contribution in [0.1, 0.15) is 24.1 Å². The molecule has 1 fully saturated rings. The summed E-state index contributed by atoms with van der Waals surface area (Å²) in [4.78, 5) is 1.25. The van der Waals surface area contributed by atoms with Crippen molar-refractivity contribution in [2.45, 2.75) is 37.8 Å². The molecule has 0 aromatic carbocycles. The van der Waals surface area contributed by atoms with Crippen molar-refractivity contribution < 1.29 is 5.11 Å². The van der Waals surface area contributed by atoms with E-state index in [-0.39, 0.29) is 6.10 Å². The lowest BCUT2D eigenvalue weighted by Crippen LogP contribution is -2.43. The highest BCUT2D eigenvalue weighted by Crippen LogP contribution is 2.24. The summed E-state index contributed by atoms with van der Waals surface area (Å²) in [7, 11) is 0. The first-order valence-electron chi connectivity index (χ1n) is 5.41. The van der Waals surface area contributed by atoms with Crippen LogP contribution in [0.15, 0.2) is 15.9 Å². The second-order valence-electron chi connectivity index (χ2n) is 4.03. The second kappa shape index (κ2) is 5.43. The van der Waals surface area contributed by atoms with E-state index in [0.717, 1.165) is 23.2 Å². The predicted molar refractivity (Wildman–Crippen MR) is 67.4 cm³/mol. The number of thiophene rings is 1. The molecule has 1 saturated heterocycles. The summed E-state index contributed by atoms with van der Waals surface area (Å²) in [5, 5.41) is 13.5. The zero-order valence-electron chi connectivity index (χ0n) is 8.58. The number of hydrogen-bond donors (Lipinski definition) is 2. The van der Waals surface area contributed by atoms with Gasteiger partial charge in [0.25, 0.3) is 0 Å². The highest BCUT2D eigenvalue weighted by Gasteiger charge is 2.21. The average Bonchev–Trinajstić information content (AvgIpc) is 2.65. The van der Waals surface area contributed by atoms with E-state index in [2.05, 4.69) is 27.3 Å². The van der Waals surface area contributed by atoms with Gasteiger partial charge >= 0.3 is 0 Å². The van der Waals surface area contributed by atoms with Crippen molar-refractivity contribution in [2.24, 2.45) is 0 Å². The van der Waals surface area contributed by atoms with Crippen LogP contribution < -0.4 is 5.32 Å². The van der Waals surface area contributed by atoms with Gasteiger partial charge in [-0.15, -0.1) is 11.3 Å². The second-order valence-corrected chi connectivity index (χ2v) is 6.58. The molecular formula is C11H16BrNOS. The molecule has 1 aliphatic heterocycles. The summed E-state index contributed by atoms with van der Waals surface area (Å²) < 4.78 is 1.14. The maximum Gasteiger partial charge on any atom is 0.0741 e. The minimum Gasteiger partial charge on any atom is -0.391 e. The van der Waals surface area contributed by atoms with Gasteiger partial charge in [-0.1, -0.05) is 6.42 Å². The summed E-state index contributed by atoms with van der Waals surface area (Å²) in [6, 6.07) is 4.42. The Bertz CT molecular complexity index is 309. The monoisotopic (exact) mass is 289 g/mol. The number of hydrogen-bond acceptors (Lipinski definition) is 3. The topological polar surface area (TPSA) is 32.3 Å². The zero-order chi connectivity index (χ0) is 10.7. The molecule has 0 aliphatic carbocycles. The molecule has 0 saturated carbocycles. The summed E-state index contributed by atoms with van der Waals surface area (Å²) in [5.74, 6) is 0. The standard InChI is InChI=1S/C11H16BrNOS/c12-11-5-4-8(15-11)7-10(14)9-3-1-2-6-13-9/h4-5,9-10,13-14H,1-3,6-7H2. The van der Waals surface area contributed by atoms with Crippen LogP contribution in [0.4, 0.5) is 0 Å². The normalized spacial score (nSPS) is 24.0. The van der Waals surface area contributed by atoms with E-state index in [9.17, 15) is 5.11 Å². The van der Waals surface area contributed by atoms with Crippen molar-refractivity contribution in [3.63, 3.8) is 0 Å². The molecule has 2 rings (SSSR count). The van der Waals surface area contributed by atoms with E-state index < -0.39 is 0 Å². The number of nitrogens with one attached hydrogen (secondary N) is 1. The highest BCUT2D eigenvalue weighted by atomic mass is 79.9. The lowest BCUT2D eigenvalue weighted by Gasteiger charge is -2.27. The number of rotatable bonds is 3. The fourth-order valence-corrected chi connectivity index (χ4v) is 3.55. The molecule has 0 bridgehead atoms. The molecule has 1 aliphatic rings. The third kappa shape index (κ3) is 3.28. The van der Waals surface area contributed by atoms with Gasteiger partial charge in [0.2, 0.25) is 0 Å². The Kier molecular flexibility index (Phi) is 4.20. The van der Waals surface area contributed by atoms with Gasteiger partial charge in [-0.2, -0.15) is 0 Å². The van der Waals surface area contributed by atoms with Crippen LogP contribution in [0.2, 0.25) is 0 Å². The first kappa shape index (κ1) is 11.6. The largest absolute Gasteiger partial charge is 0.391 e. The predicted octanol–water partition coefficient (Wildman–Crippen LogP) is 2.56. The molecule has 2 heterocycles. The number of halogens is 1. The van der Waals surface area contributed by atoms with Crippen molar-refractivity contribution >= 4 is 27.3 Å². The quantitative estimate of drug-likeness (QED) is 0.896. The smallest absolute Gasteiger partial charge is 0.0741 e. The summed E-state index contributed by atoms with van der Waals surface area (Å²) in [6.07, 6.45) is 4.12. The first-order chi connectivity index (χ1) is 7.25. The molecule has 2 unspecified atom stereocenters. The Balaban J connectivity index is 1.88.